The Morgan fingerprint density at radius 1 is 1.48 bits per heavy atom. The Balaban J connectivity index is 0.00000200. The van der Waals surface area contributed by atoms with Gasteiger partial charge in [0.05, 0.1) is 6.20 Å². The second-order valence-corrected chi connectivity index (χ2v) is 5.64. The minimum Gasteiger partial charge on any atom is -0.338 e. The number of aromatic nitrogens is 2. The number of hydrogen-bond acceptors (Lipinski definition) is 3. The number of hydrogen-bond donors (Lipinski definition) is 1. The van der Waals surface area contributed by atoms with Crippen molar-refractivity contribution in [1.82, 2.24) is 14.7 Å². The van der Waals surface area contributed by atoms with Gasteiger partial charge in [-0.05, 0) is 31.2 Å². The van der Waals surface area contributed by atoms with E-state index in [1.165, 1.54) is 0 Å². The van der Waals surface area contributed by atoms with Gasteiger partial charge < -0.3 is 10.6 Å². The van der Waals surface area contributed by atoms with E-state index in [4.69, 9.17) is 5.73 Å². The van der Waals surface area contributed by atoms with Crippen molar-refractivity contribution < 1.29 is 4.79 Å². The van der Waals surface area contributed by atoms with Crippen LogP contribution in [0.25, 0.3) is 0 Å². The largest absolute Gasteiger partial charge is 0.338 e. The lowest BCUT2D eigenvalue weighted by Crippen LogP contribution is -2.49. The van der Waals surface area contributed by atoms with E-state index in [-0.39, 0.29) is 36.8 Å². The standard InChI is InChI=1S/C14H24N4O.2ClH/c1-11-3-6-18(13(7-11)8-15)14(19)4-5-17-10-12(2)9-16-17;;/h9-11,13H,3-8,15H2,1-2H3;2*1H. The number of nitrogens with two attached hydrogens (primary N) is 1. The highest BCUT2D eigenvalue weighted by atomic mass is 35.5. The molecule has 0 saturated carbocycles. The van der Waals surface area contributed by atoms with E-state index < -0.39 is 0 Å². The molecular formula is C14H26Cl2N4O. The minimum absolute atomic E-state index is 0. The SMILES string of the molecule is Cc1cnn(CCC(=O)N2CCC(C)CC2CN)c1.Cl.Cl. The van der Waals surface area contributed by atoms with E-state index in [0.717, 1.165) is 24.9 Å². The van der Waals surface area contributed by atoms with Gasteiger partial charge in [-0.25, -0.2) is 0 Å². The molecule has 1 fully saturated rings. The third kappa shape index (κ3) is 5.49. The highest BCUT2D eigenvalue weighted by Gasteiger charge is 2.28. The molecule has 0 aliphatic carbocycles. The van der Waals surface area contributed by atoms with E-state index in [0.29, 0.717) is 25.4 Å². The number of rotatable bonds is 4. The molecule has 1 aliphatic rings. The number of carbonyl (C=O) groups excluding carboxylic acids is 1. The first kappa shape index (κ1) is 20.2. The van der Waals surface area contributed by atoms with Crippen molar-refractivity contribution in [2.24, 2.45) is 11.7 Å². The monoisotopic (exact) mass is 336 g/mol. The van der Waals surface area contributed by atoms with Gasteiger partial charge in [0, 0.05) is 38.3 Å². The van der Waals surface area contributed by atoms with Crippen LogP contribution in [-0.2, 0) is 11.3 Å². The number of halogens is 2. The summed E-state index contributed by atoms with van der Waals surface area (Å²) in [6.45, 7) is 6.30. The zero-order chi connectivity index (χ0) is 13.8. The summed E-state index contributed by atoms with van der Waals surface area (Å²) in [5, 5.41) is 4.21. The van der Waals surface area contributed by atoms with E-state index in [1.54, 1.807) is 0 Å². The molecule has 1 aromatic rings. The third-order valence-electron chi connectivity index (χ3n) is 3.89. The van der Waals surface area contributed by atoms with Crippen LogP contribution in [0.5, 0.6) is 0 Å². The molecule has 7 heteroatoms. The number of aryl methyl sites for hydroxylation is 2. The zero-order valence-electron chi connectivity index (χ0n) is 12.7. The van der Waals surface area contributed by atoms with Gasteiger partial charge in [-0.3, -0.25) is 9.48 Å². The van der Waals surface area contributed by atoms with Gasteiger partial charge in [-0.2, -0.15) is 5.10 Å². The van der Waals surface area contributed by atoms with Crippen LogP contribution in [0.3, 0.4) is 0 Å². The van der Waals surface area contributed by atoms with E-state index in [1.807, 2.05) is 28.9 Å². The molecule has 1 aromatic heterocycles. The topological polar surface area (TPSA) is 64.2 Å². The Labute approximate surface area is 139 Å². The highest BCUT2D eigenvalue weighted by molar-refractivity contribution is 5.85. The van der Waals surface area contributed by atoms with Crippen LogP contribution in [-0.4, -0.2) is 39.7 Å². The summed E-state index contributed by atoms with van der Waals surface area (Å²) in [5.41, 5.74) is 6.92. The molecule has 0 bridgehead atoms. The van der Waals surface area contributed by atoms with Gasteiger partial charge in [0.25, 0.3) is 0 Å². The van der Waals surface area contributed by atoms with Crippen molar-refractivity contribution in [3.63, 3.8) is 0 Å². The molecule has 21 heavy (non-hydrogen) atoms. The summed E-state index contributed by atoms with van der Waals surface area (Å²) in [5.74, 6) is 0.877. The first-order valence-electron chi connectivity index (χ1n) is 7.08. The van der Waals surface area contributed by atoms with Gasteiger partial charge >= 0.3 is 0 Å². The fourth-order valence-corrected chi connectivity index (χ4v) is 2.75. The highest BCUT2D eigenvalue weighted by Crippen LogP contribution is 2.22. The summed E-state index contributed by atoms with van der Waals surface area (Å²) < 4.78 is 1.83. The number of nitrogens with zero attached hydrogens (tertiary/aromatic N) is 3. The summed E-state index contributed by atoms with van der Waals surface area (Å²) in [6.07, 6.45) is 6.40. The van der Waals surface area contributed by atoms with Gasteiger partial charge in [-0.1, -0.05) is 6.92 Å². The van der Waals surface area contributed by atoms with Gasteiger partial charge in [0.15, 0.2) is 0 Å². The summed E-state index contributed by atoms with van der Waals surface area (Å²) >= 11 is 0. The molecule has 1 saturated heterocycles. The molecule has 2 heterocycles. The maximum Gasteiger partial charge on any atom is 0.224 e. The Kier molecular flexibility index (Phi) is 8.94. The molecule has 2 unspecified atom stereocenters. The molecule has 1 aliphatic heterocycles. The van der Waals surface area contributed by atoms with Crippen molar-refractivity contribution in [2.45, 2.75) is 45.7 Å². The number of carbonyl (C=O) groups is 1. The van der Waals surface area contributed by atoms with E-state index in [2.05, 4.69) is 12.0 Å². The van der Waals surface area contributed by atoms with Crippen molar-refractivity contribution in [3.8, 4) is 0 Å². The van der Waals surface area contributed by atoms with Crippen molar-refractivity contribution in [3.05, 3.63) is 18.0 Å². The second-order valence-electron chi connectivity index (χ2n) is 5.64. The molecule has 0 spiro atoms. The lowest BCUT2D eigenvalue weighted by atomic mass is 9.92. The van der Waals surface area contributed by atoms with Gasteiger partial charge in [0.2, 0.25) is 5.91 Å². The summed E-state index contributed by atoms with van der Waals surface area (Å²) in [4.78, 5) is 14.3. The van der Waals surface area contributed by atoms with Gasteiger partial charge in [-0.15, -0.1) is 24.8 Å². The van der Waals surface area contributed by atoms with Crippen LogP contribution in [0.2, 0.25) is 0 Å². The molecule has 2 atom stereocenters. The molecular weight excluding hydrogens is 311 g/mol. The average Bonchev–Trinajstić information content (AvgIpc) is 2.81. The third-order valence-corrected chi connectivity index (χ3v) is 3.89. The van der Waals surface area contributed by atoms with Crippen LogP contribution < -0.4 is 5.73 Å². The first-order chi connectivity index (χ1) is 9.10. The summed E-state index contributed by atoms with van der Waals surface area (Å²) in [6, 6.07) is 0.218. The number of likely N-dealkylation sites (tertiary alicyclic amines) is 1. The lowest BCUT2D eigenvalue weighted by Gasteiger charge is -2.38. The minimum atomic E-state index is 0. The Hall–Kier alpha value is -0.780. The fourth-order valence-electron chi connectivity index (χ4n) is 2.75. The number of amides is 1. The predicted octanol–water partition coefficient (Wildman–Crippen LogP) is 2.01. The normalized spacial score (nSPS) is 21.4. The molecule has 1 amide bonds. The van der Waals surface area contributed by atoms with Crippen molar-refractivity contribution >= 4 is 30.7 Å². The van der Waals surface area contributed by atoms with Crippen LogP contribution in [0.1, 0.15) is 31.7 Å². The zero-order valence-corrected chi connectivity index (χ0v) is 14.3. The first-order valence-corrected chi connectivity index (χ1v) is 7.08. The van der Waals surface area contributed by atoms with Crippen LogP contribution in [0.15, 0.2) is 12.4 Å². The predicted molar refractivity (Wildman–Crippen MR) is 89.0 cm³/mol. The smallest absolute Gasteiger partial charge is 0.224 e. The average molecular weight is 337 g/mol. The molecule has 0 radical (unpaired) electrons. The van der Waals surface area contributed by atoms with Gasteiger partial charge in [0.1, 0.15) is 0 Å². The van der Waals surface area contributed by atoms with Crippen LogP contribution in [0, 0.1) is 12.8 Å². The van der Waals surface area contributed by atoms with E-state index >= 15 is 0 Å². The number of piperidine rings is 1. The molecule has 5 nitrogen and oxygen atoms in total. The molecule has 122 valence electrons. The van der Waals surface area contributed by atoms with Crippen molar-refractivity contribution in [1.29, 1.82) is 0 Å². The lowest BCUT2D eigenvalue weighted by molar-refractivity contribution is -0.135. The van der Waals surface area contributed by atoms with E-state index in [9.17, 15) is 4.79 Å². The van der Waals surface area contributed by atoms with Crippen molar-refractivity contribution in [2.75, 3.05) is 13.1 Å². The maximum atomic E-state index is 12.3. The van der Waals surface area contributed by atoms with Crippen LogP contribution >= 0.6 is 24.8 Å². The Morgan fingerprint density at radius 2 is 2.19 bits per heavy atom. The quantitative estimate of drug-likeness (QED) is 0.914. The maximum absolute atomic E-state index is 12.3. The molecule has 2 rings (SSSR count). The Morgan fingerprint density at radius 3 is 2.76 bits per heavy atom. The summed E-state index contributed by atoms with van der Waals surface area (Å²) in [7, 11) is 0. The molecule has 2 N–H and O–H groups in total. The van der Waals surface area contributed by atoms with Crippen LogP contribution in [0.4, 0.5) is 0 Å². The molecule has 0 aromatic carbocycles. The second kappa shape index (κ2) is 9.28. The Bertz CT molecular complexity index is 438. The fraction of sp³-hybridized carbons (Fsp3) is 0.714.